The normalized spacial score (nSPS) is 13.5. The lowest BCUT2D eigenvalue weighted by Gasteiger charge is -2.27. The van der Waals surface area contributed by atoms with Gasteiger partial charge in [0.15, 0.2) is 0 Å². The minimum Gasteiger partial charge on any atom is -0.497 e. The molecule has 0 bridgehead atoms. The van der Waals surface area contributed by atoms with Gasteiger partial charge in [0, 0.05) is 16.9 Å². The van der Waals surface area contributed by atoms with Crippen molar-refractivity contribution >= 4 is 21.8 Å². The van der Waals surface area contributed by atoms with Crippen molar-refractivity contribution in [3.05, 3.63) is 23.8 Å². The van der Waals surface area contributed by atoms with Gasteiger partial charge in [-0.2, -0.15) is 0 Å². The molecular weight excluding hydrogens is 310 g/mol. The first kappa shape index (κ1) is 15.8. The molecule has 0 aromatic heterocycles. The van der Waals surface area contributed by atoms with E-state index in [-0.39, 0.29) is 11.4 Å². The Morgan fingerprint density at radius 2 is 2.05 bits per heavy atom. The van der Waals surface area contributed by atoms with Crippen molar-refractivity contribution in [1.29, 1.82) is 0 Å². The van der Waals surface area contributed by atoms with Crippen molar-refractivity contribution in [3.63, 3.8) is 0 Å². The van der Waals surface area contributed by atoms with Crippen LogP contribution in [0.15, 0.2) is 18.2 Å². The molecule has 1 aromatic carbocycles. The Morgan fingerprint density at radius 3 is 2.53 bits per heavy atom. The molecule has 0 heterocycles. The molecule has 1 atom stereocenters. The van der Waals surface area contributed by atoms with E-state index in [4.69, 9.17) is 9.47 Å². The van der Waals surface area contributed by atoms with E-state index in [0.717, 1.165) is 6.42 Å². The quantitative estimate of drug-likeness (QED) is 0.816. The number of benzene rings is 1. The van der Waals surface area contributed by atoms with Gasteiger partial charge in [-0.1, -0.05) is 22.9 Å². The molecule has 1 N–H and O–H groups in total. The van der Waals surface area contributed by atoms with Crippen LogP contribution in [0.5, 0.6) is 11.5 Å². The van der Waals surface area contributed by atoms with Crippen LogP contribution in [-0.2, 0) is 0 Å². The second-order valence-corrected chi connectivity index (χ2v) is 5.13. The van der Waals surface area contributed by atoms with Crippen molar-refractivity contribution in [3.8, 4) is 11.5 Å². The van der Waals surface area contributed by atoms with Gasteiger partial charge in [0.05, 0.1) is 19.8 Å². The second-order valence-electron chi connectivity index (χ2n) is 4.57. The molecule has 19 heavy (non-hydrogen) atoms. The van der Waals surface area contributed by atoms with Crippen molar-refractivity contribution in [2.24, 2.45) is 0 Å². The van der Waals surface area contributed by atoms with Gasteiger partial charge in [0.25, 0.3) is 5.91 Å². The highest BCUT2D eigenvalue weighted by molar-refractivity contribution is 9.09. The van der Waals surface area contributed by atoms with E-state index in [1.165, 1.54) is 7.11 Å². The summed E-state index contributed by atoms with van der Waals surface area (Å²) < 4.78 is 10.4. The average molecular weight is 330 g/mol. The van der Waals surface area contributed by atoms with Gasteiger partial charge in [0.2, 0.25) is 0 Å². The molecule has 0 aliphatic rings. The third kappa shape index (κ3) is 3.86. The maximum atomic E-state index is 12.3. The first-order valence-corrected chi connectivity index (χ1v) is 7.22. The van der Waals surface area contributed by atoms with Crippen LogP contribution in [0, 0.1) is 0 Å². The van der Waals surface area contributed by atoms with E-state index in [0.29, 0.717) is 22.4 Å². The molecule has 1 aromatic rings. The Morgan fingerprint density at radius 1 is 1.37 bits per heavy atom. The van der Waals surface area contributed by atoms with Crippen molar-refractivity contribution in [1.82, 2.24) is 5.32 Å². The molecule has 0 saturated heterocycles. The highest BCUT2D eigenvalue weighted by Crippen LogP contribution is 2.25. The van der Waals surface area contributed by atoms with Crippen LogP contribution in [0.1, 0.15) is 30.6 Å². The van der Waals surface area contributed by atoms with E-state index in [1.54, 1.807) is 25.3 Å². The van der Waals surface area contributed by atoms with Gasteiger partial charge in [-0.15, -0.1) is 0 Å². The summed E-state index contributed by atoms with van der Waals surface area (Å²) in [5, 5.41) is 3.71. The maximum absolute atomic E-state index is 12.3. The average Bonchev–Trinajstić information content (AvgIpc) is 2.46. The van der Waals surface area contributed by atoms with Crippen molar-refractivity contribution in [2.45, 2.75) is 25.8 Å². The summed E-state index contributed by atoms with van der Waals surface area (Å²) in [7, 11) is 3.11. The minimum absolute atomic E-state index is 0.150. The topological polar surface area (TPSA) is 47.6 Å². The summed E-state index contributed by atoms with van der Waals surface area (Å²) in [6, 6.07) is 5.15. The molecule has 0 radical (unpaired) electrons. The van der Waals surface area contributed by atoms with E-state index in [9.17, 15) is 4.79 Å². The van der Waals surface area contributed by atoms with Crippen LogP contribution < -0.4 is 14.8 Å². The number of hydrogen-bond acceptors (Lipinski definition) is 3. The number of amides is 1. The largest absolute Gasteiger partial charge is 0.497 e. The molecule has 5 heteroatoms. The molecule has 1 unspecified atom stereocenters. The van der Waals surface area contributed by atoms with Crippen LogP contribution in [0.4, 0.5) is 0 Å². The van der Waals surface area contributed by atoms with E-state index < -0.39 is 0 Å². The van der Waals surface area contributed by atoms with Crippen LogP contribution >= 0.6 is 15.9 Å². The first-order valence-electron chi connectivity index (χ1n) is 6.10. The van der Waals surface area contributed by atoms with E-state index in [2.05, 4.69) is 21.2 Å². The summed E-state index contributed by atoms with van der Waals surface area (Å²) >= 11 is 3.43. The Labute approximate surface area is 122 Å². The number of alkyl halides is 1. The number of carbonyl (C=O) groups excluding carboxylic acids is 1. The molecule has 4 nitrogen and oxygen atoms in total. The molecular formula is C14H20BrNO3. The Hall–Kier alpha value is -1.23. The van der Waals surface area contributed by atoms with Crippen molar-refractivity contribution in [2.75, 3.05) is 19.5 Å². The Bertz CT molecular complexity index is 444. The predicted octanol–water partition coefficient (Wildman–Crippen LogP) is 3.00. The van der Waals surface area contributed by atoms with Gasteiger partial charge >= 0.3 is 0 Å². The number of hydrogen-bond donors (Lipinski definition) is 1. The summed E-state index contributed by atoms with van der Waals surface area (Å²) in [5.41, 5.74) is 0.228. The zero-order valence-electron chi connectivity index (χ0n) is 11.7. The summed E-state index contributed by atoms with van der Waals surface area (Å²) in [6.45, 7) is 4.03. The first-order chi connectivity index (χ1) is 8.99. The Kier molecular flexibility index (Phi) is 5.66. The highest BCUT2D eigenvalue weighted by Gasteiger charge is 2.25. The third-order valence-corrected chi connectivity index (χ3v) is 4.38. The van der Waals surface area contributed by atoms with E-state index in [1.807, 2.05) is 13.8 Å². The van der Waals surface area contributed by atoms with Crippen LogP contribution in [0.3, 0.4) is 0 Å². The number of halogens is 1. The molecule has 1 amide bonds. The van der Waals surface area contributed by atoms with Crippen LogP contribution in [-0.4, -0.2) is 31.0 Å². The Balaban J connectivity index is 2.99. The standard InChI is InChI=1S/C14H20BrNO3/c1-5-14(2,9-15)16-13(17)11-7-6-10(18-3)8-12(11)19-4/h6-8H,5,9H2,1-4H3,(H,16,17). The molecule has 1 rings (SSSR count). The van der Waals surface area contributed by atoms with Gasteiger partial charge in [-0.05, 0) is 25.5 Å². The summed E-state index contributed by atoms with van der Waals surface area (Å²) in [4.78, 5) is 12.3. The van der Waals surface area contributed by atoms with E-state index >= 15 is 0 Å². The lowest BCUT2D eigenvalue weighted by molar-refractivity contribution is 0.0910. The van der Waals surface area contributed by atoms with Crippen LogP contribution in [0.2, 0.25) is 0 Å². The zero-order valence-corrected chi connectivity index (χ0v) is 13.3. The predicted molar refractivity (Wildman–Crippen MR) is 79.5 cm³/mol. The fourth-order valence-corrected chi connectivity index (χ4v) is 2.08. The molecule has 0 fully saturated rings. The number of rotatable bonds is 6. The van der Waals surface area contributed by atoms with Crippen molar-refractivity contribution < 1.29 is 14.3 Å². The summed E-state index contributed by atoms with van der Waals surface area (Å²) in [5.74, 6) is 1.01. The smallest absolute Gasteiger partial charge is 0.255 e. The minimum atomic E-state index is -0.276. The lowest BCUT2D eigenvalue weighted by Crippen LogP contribution is -2.47. The number of ether oxygens (including phenoxy) is 2. The maximum Gasteiger partial charge on any atom is 0.255 e. The zero-order chi connectivity index (χ0) is 14.5. The number of nitrogens with one attached hydrogen (secondary N) is 1. The summed E-state index contributed by atoms with van der Waals surface area (Å²) in [6.07, 6.45) is 0.836. The van der Waals surface area contributed by atoms with Gasteiger partial charge in [0.1, 0.15) is 11.5 Å². The van der Waals surface area contributed by atoms with Gasteiger partial charge < -0.3 is 14.8 Å². The van der Waals surface area contributed by atoms with Gasteiger partial charge in [-0.25, -0.2) is 0 Å². The highest BCUT2D eigenvalue weighted by atomic mass is 79.9. The fourth-order valence-electron chi connectivity index (χ4n) is 1.54. The molecule has 0 aliphatic carbocycles. The number of methoxy groups -OCH3 is 2. The molecule has 106 valence electrons. The SMILES string of the molecule is CCC(C)(CBr)NC(=O)c1ccc(OC)cc1OC. The number of carbonyl (C=O) groups is 1. The molecule has 0 aliphatic heterocycles. The lowest BCUT2D eigenvalue weighted by atomic mass is 10.0. The second kappa shape index (κ2) is 6.80. The van der Waals surface area contributed by atoms with Crippen LogP contribution in [0.25, 0.3) is 0 Å². The molecule has 0 saturated carbocycles. The fraction of sp³-hybridized carbons (Fsp3) is 0.500. The molecule has 0 spiro atoms. The van der Waals surface area contributed by atoms with Gasteiger partial charge in [-0.3, -0.25) is 4.79 Å². The monoisotopic (exact) mass is 329 g/mol. The third-order valence-electron chi connectivity index (χ3n) is 3.14.